The highest BCUT2D eigenvalue weighted by atomic mass is 19.1. The van der Waals surface area contributed by atoms with E-state index in [0.29, 0.717) is 34.6 Å². The van der Waals surface area contributed by atoms with Crippen molar-refractivity contribution in [2.75, 3.05) is 0 Å². The maximum absolute atomic E-state index is 13.0. The number of hydrogen-bond acceptors (Lipinski definition) is 7. The molecule has 7 nitrogen and oxygen atoms in total. The predicted molar refractivity (Wildman–Crippen MR) is 112 cm³/mol. The summed E-state index contributed by atoms with van der Waals surface area (Å²) in [7, 11) is 0. The molecule has 0 radical (unpaired) electrons. The van der Waals surface area contributed by atoms with Crippen LogP contribution in [-0.2, 0) is 6.61 Å². The summed E-state index contributed by atoms with van der Waals surface area (Å²) in [6.07, 6.45) is 3.33. The van der Waals surface area contributed by atoms with Crippen molar-refractivity contribution in [3.8, 4) is 40.3 Å². The van der Waals surface area contributed by atoms with Crippen LogP contribution in [0.3, 0.4) is 0 Å². The number of hydrogen-bond donors (Lipinski definition) is 0. The summed E-state index contributed by atoms with van der Waals surface area (Å²) in [5, 5.41) is 4.02. The molecule has 0 atom stereocenters. The summed E-state index contributed by atoms with van der Waals surface area (Å²) < 4.78 is 35.4. The monoisotopic (exact) mass is 429 g/mol. The van der Waals surface area contributed by atoms with E-state index in [1.165, 1.54) is 12.1 Å². The van der Waals surface area contributed by atoms with Crippen LogP contribution in [0.5, 0.6) is 17.2 Å². The third-order valence-electron chi connectivity index (χ3n) is 4.48. The number of pyridine rings is 1. The maximum Gasteiger partial charge on any atom is 0.293 e. The van der Waals surface area contributed by atoms with Crippen molar-refractivity contribution in [3.63, 3.8) is 0 Å². The Hall–Kier alpha value is -4.46. The number of furan rings is 1. The first kappa shape index (κ1) is 19.5. The Bertz CT molecular complexity index is 1300. The van der Waals surface area contributed by atoms with Crippen LogP contribution >= 0.6 is 0 Å². The molecule has 0 amide bonds. The molecule has 2 aromatic carbocycles. The molecule has 0 saturated heterocycles. The first-order valence-corrected chi connectivity index (χ1v) is 9.72. The summed E-state index contributed by atoms with van der Waals surface area (Å²) in [6.45, 7) is 0.186. The summed E-state index contributed by atoms with van der Waals surface area (Å²) in [4.78, 5) is 8.42. The van der Waals surface area contributed by atoms with Crippen molar-refractivity contribution in [3.05, 3.63) is 96.8 Å². The lowest BCUT2D eigenvalue weighted by Crippen LogP contribution is -1.93. The Balaban J connectivity index is 1.24. The number of ether oxygens (including phenoxy) is 2. The molecule has 5 rings (SSSR count). The Labute approximate surface area is 182 Å². The molecule has 32 heavy (non-hydrogen) atoms. The van der Waals surface area contributed by atoms with Gasteiger partial charge in [-0.25, -0.2) is 4.39 Å². The van der Waals surface area contributed by atoms with Gasteiger partial charge in [-0.05, 0) is 72.8 Å². The van der Waals surface area contributed by atoms with Crippen molar-refractivity contribution in [2.24, 2.45) is 0 Å². The average Bonchev–Trinajstić information content (AvgIpc) is 3.50. The van der Waals surface area contributed by atoms with Gasteiger partial charge in [0, 0.05) is 11.8 Å². The normalized spacial score (nSPS) is 10.8. The molecule has 0 N–H and O–H groups in total. The highest BCUT2D eigenvalue weighted by Gasteiger charge is 2.15. The SMILES string of the molecule is Fc1ccc(OCc2ccc(-c3nc(-c4ccc(Oc5cccnc5)cc4)no3)o2)cc1. The number of benzene rings is 2. The van der Waals surface area contributed by atoms with Gasteiger partial charge in [0.05, 0.1) is 6.20 Å². The van der Waals surface area contributed by atoms with Crippen LogP contribution in [-0.4, -0.2) is 15.1 Å². The van der Waals surface area contributed by atoms with Crippen LogP contribution in [0.25, 0.3) is 23.0 Å². The van der Waals surface area contributed by atoms with Gasteiger partial charge in [0.1, 0.15) is 35.4 Å². The molecule has 5 aromatic rings. The minimum Gasteiger partial charge on any atom is -0.486 e. The fourth-order valence-electron chi connectivity index (χ4n) is 2.91. The highest BCUT2D eigenvalue weighted by Crippen LogP contribution is 2.27. The fourth-order valence-corrected chi connectivity index (χ4v) is 2.91. The molecule has 0 spiro atoms. The first-order valence-electron chi connectivity index (χ1n) is 9.72. The molecular formula is C24H16FN3O4. The largest absolute Gasteiger partial charge is 0.486 e. The van der Waals surface area contributed by atoms with Crippen molar-refractivity contribution in [2.45, 2.75) is 6.61 Å². The fraction of sp³-hybridized carbons (Fsp3) is 0.0417. The Morgan fingerprint density at radius 3 is 2.44 bits per heavy atom. The summed E-state index contributed by atoms with van der Waals surface area (Å²) in [5.74, 6) is 3.22. The van der Waals surface area contributed by atoms with E-state index < -0.39 is 0 Å². The molecular weight excluding hydrogens is 413 g/mol. The quantitative estimate of drug-likeness (QED) is 0.318. The van der Waals surface area contributed by atoms with Gasteiger partial charge in [0.25, 0.3) is 5.89 Å². The Morgan fingerprint density at radius 1 is 0.844 bits per heavy atom. The first-order chi connectivity index (χ1) is 15.7. The van der Waals surface area contributed by atoms with Gasteiger partial charge in [-0.2, -0.15) is 4.98 Å². The zero-order valence-electron chi connectivity index (χ0n) is 16.6. The van der Waals surface area contributed by atoms with E-state index in [9.17, 15) is 4.39 Å². The number of aromatic nitrogens is 3. The Kier molecular flexibility index (Phi) is 5.32. The van der Waals surface area contributed by atoms with Crippen LogP contribution in [0.1, 0.15) is 5.76 Å². The predicted octanol–water partition coefficient (Wildman–Crippen LogP) is 5.90. The highest BCUT2D eigenvalue weighted by molar-refractivity contribution is 5.58. The lowest BCUT2D eigenvalue weighted by atomic mass is 10.2. The number of rotatable bonds is 7. The number of halogens is 1. The van der Waals surface area contributed by atoms with Crippen LogP contribution in [0.15, 0.2) is 94.1 Å². The topological polar surface area (TPSA) is 83.4 Å². The second kappa shape index (κ2) is 8.73. The van der Waals surface area contributed by atoms with Gasteiger partial charge in [-0.1, -0.05) is 5.16 Å². The van der Waals surface area contributed by atoms with E-state index in [0.717, 1.165) is 5.56 Å². The van der Waals surface area contributed by atoms with Crippen LogP contribution in [0.4, 0.5) is 4.39 Å². The molecule has 158 valence electrons. The van der Waals surface area contributed by atoms with E-state index in [-0.39, 0.29) is 18.3 Å². The zero-order valence-corrected chi connectivity index (χ0v) is 16.6. The number of nitrogens with zero attached hydrogens (tertiary/aromatic N) is 3. The Morgan fingerprint density at radius 2 is 1.66 bits per heavy atom. The summed E-state index contributed by atoms with van der Waals surface area (Å²) in [6, 6.07) is 20.2. The van der Waals surface area contributed by atoms with E-state index in [4.69, 9.17) is 18.4 Å². The van der Waals surface area contributed by atoms with Gasteiger partial charge < -0.3 is 18.4 Å². The average molecular weight is 429 g/mol. The van der Waals surface area contributed by atoms with Crippen molar-refractivity contribution in [1.29, 1.82) is 0 Å². The lowest BCUT2D eigenvalue weighted by molar-refractivity contribution is 0.270. The van der Waals surface area contributed by atoms with E-state index in [2.05, 4.69) is 15.1 Å². The molecule has 0 fully saturated rings. The molecule has 0 aliphatic rings. The molecule has 0 bridgehead atoms. The van der Waals surface area contributed by atoms with E-state index in [1.807, 2.05) is 30.3 Å². The molecule has 8 heteroatoms. The molecule has 3 aromatic heterocycles. The minimum absolute atomic E-state index is 0.186. The second-order valence-electron chi connectivity index (χ2n) is 6.75. The summed E-state index contributed by atoms with van der Waals surface area (Å²) in [5.41, 5.74) is 0.768. The molecule has 0 unspecified atom stereocenters. The van der Waals surface area contributed by atoms with Crippen LogP contribution in [0, 0.1) is 5.82 Å². The standard InChI is InChI=1S/C24H16FN3O4/c25-17-5-9-18(10-6-17)29-15-21-11-12-22(31-21)24-27-23(28-32-24)16-3-7-19(8-4-16)30-20-2-1-13-26-14-20/h1-14H,15H2. The second-order valence-corrected chi connectivity index (χ2v) is 6.75. The van der Waals surface area contributed by atoms with Crippen LogP contribution < -0.4 is 9.47 Å². The lowest BCUT2D eigenvalue weighted by Gasteiger charge is -2.04. The van der Waals surface area contributed by atoms with Crippen molar-refractivity contribution in [1.82, 2.24) is 15.1 Å². The third kappa shape index (κ3) is 4.49. The van der Waals surface area contributed by atoms with Crippen LogP contribution in [0.2, 0.25) is 0 Å². The van der Waals surface area contributed by atoms with E-state index >= 15 is 0 Å². The molecule has 0 aliphatic heterocycles. The van der Waals surface area contributed by atoms with Crippen molar-refractivity contribution >= 4 is 0 Å². The van der Waals surface area contributed by atoms with E-state index in [1.54, 1.807) is 42.7 Å². The zero-order chi connectivity index (χ0) is 21.8. The summed E-state index contributed by atoms with van der Waals surface area (Å²) >= 11 is 0. The van der Waals surface area contributed by atoms with Gasteiger partial charge in [-0.3, -0.25) is 4.98 Å². The van der Waals surface area contributed by atoms with Gasteiger partial charge >= 0.3 is 0 Å². The van der Waals surface area contributed by atoms with Crippen molar-refractivity contribution < 1.29 is 22.8 Å². The maximum atomic E-state index is 13.0. The molecule has 0 saturated carbocycles. The molecule has 0 aliphatic carbocycles. The van der Waals surface area contributed by atoms with Gasteiger partial charge in [0.15, 0.2) is 5.76 Å². The van der Waals surface area contributed by atoms with Gasteiger partial charge in [-0.15, -0.1) is 0 Å². The minimum atomic E-state index is -0.319. The molecule has 3 heterocycles. The smallest absolute Gasteiger partial charge is 0.293 e. The third-order valence-corrected chi connectivity index (χ3v) is 4.48. The van der Waals surface area contributed by atoms with Gasteiger partial charge in [0.2, 0.25) is 5.82 Å².